The molecule has 0 bridgehead atoms. The SMILES string of the molecule is O=C(NCCc1cccc(Cl)c1)C1(C(=O)NC2CCCCC2)CC1. The van der Waals surface area contributed by atoms with Gasteiger partial charge in [0.25, 0.3) is 0 Å². The molecule has 2 aliphatic rings. The van der Waals surface area contributed by atoms with E-state index in [1.807, 2.05) is 24.3 Å². The average molecular weight is 349 g/mol. The molecule has 3 rings (SSSR count). The predicted octanol–water partition coefficient (Wildman–Crippen LogP) is 3.23. The van der Waals surface area contributed by atoms with Crippen molar-refractivity contribution in [3.05, 3.63) is 34.9 Å². The molecule has 2 saturated carbocycles. The third kappa shape index (κ3) is 4.10. The van der Waals surface area contributed by atoms with E-state index in [9.17, 15) is 9.59 Å². The third-order valence-electron chi connectivity index (χ3n) is 5.15. The highest BCUT2D eigenvalue weighted by atomic mass is 35.5. The Balaban J connectivity index is 1.47. The molecule has 2 N–H and O–H groups in total. The second-order valence-electron chi connectivity index (χ2n) is 7.03. The lowest BCUT2D eigenvalue weighted by atomic mass is 9.94. The van der Waals surface area contributed by atoms with Crippen LogP contribution in [0.2, 0.25) is 5.02 Å². The summed E-state index contributed by atoms with van der Waals surface area (Å²) in [5, 5.41) is 6.73. The van der Waals surface area contributed by atoms with Gasteiger partial charge < -0.3 is 10.6 Å². The van der Waals surface area contributed by atoms with E-state index in [1.165, 1.54) is 19.3 Å². The lowest BCUT2D eigenvalue weighted by Crippen LogP contribution is -2.47. The van der Waals surface area contributed by atoms with Crippen molar-refractivity contribution in [2.45, 2.75) is 57.4 Å². The normalized spacial score (nSPS) is 19.5. The Morgan fingerprint density at radius 1 is 1.12 bits per heavy atom. The number of carbonyl (C=O) groups is 2. The summed E-state index contributed by atoms with van der Waals surface area (Å²) in [6, 6.07) is 7.87. The van der Waals surface area contributed by atoms with Gasteiger partial charge in [-0.2, -0.15) is 0 Å². The molecule has 0 heterocycles. The van der Waals surface area contributed by atoms with E-state index in [1.54, 1.807) is 0 Å². The number of hydrogen-bond donors (Lipinski definition) is 2. The van der Waals surface area contributed by atoms with E-state index in [-0.39, 0.29) is 17.9 Å². The van der Waals surface area contributed by atoms with Crippen LogP contribution in [0.1, 0.15) is 50.5 Å². The largest absolute Gasteiger partial charge is 0.355 e. The van der Waals surface area contributed by atoms with E-state index < -0.39 is 5.41 Å². The topological polar surface area (TPSA) is 58.2 Å². The van der Waals surface area contributed by atoms with Gasteiger partial charge >= 0.3 is 0 Å². The molecule has 5 heteroatoms. The van der Waals surface area contributed by atoms with Crippen LogP contribution >= 0.6 is 11.6 Å². The van der Waals surface area contributed by atoms with Crippen molar-refractivity contribution in [1.82, 2.24) is 10.6 Å². The zero-order valence-corrected chi connectivity index (χ0v) is 14.7. The third-order valence-corrected chi connectivity index (χ3v) is 5.38. The van der Waals surface area contributed by atoms with Crippen LogP contribution in [0.25, 0.3) is 0 Å². The van der Waals surface area contributed by atoms with E-state index in [4.69, 9.17) is 11.6 Å². The van der Waals surface area contributed by atoms with Crippen molar-refractivity contribution >= 4 is 23.4 Å². The summed E-state index contributed by atoms with van der Waals surface area (Å²) < 4.78 is 0. The van der Waals surface area contributed by atoms with Crippen LogP contribution < -0.4 is 10.6 Å². The van der Waals surface area contributed by atoms with Crippen LogP contribution in [-0.4, -0.2) is 24.4 Å². The number of benzene rings is 1. The predicted molar refractivity (Wildman–Crippen MR) is 94.8 cm³/mol. The number of halogens is 1. The van der Waals surface area contributed by atoms with Crippen LogP contribution in [0.15, 0.2) is 24.3 Å². The number of amides is 2. The highest BCUT2D eigenvalue weighted by Gasteiger charge is 2.56. The summed E-state index contributed by atoms with van der Waals surface area (Å²) in [5.41, 5.74) is 0.269. The quantitative estimate of drug-likeness (QED) is 0.775. The van der Waals surface area contributed by atoms with Crippen LogP contribution in [0.4, 0.5) is 0 Å². The van der Waals surface area contributed by atoms with Crippen LogP contribution in [0.5, 0.6) is 0 Å². The second kappa shape index (κ2) is 7.56. The van der Waals surface area contributed by atoms with Crippen molar-refractivity contribution in [3.63, 3.8) is 0 Å². The Hall–Kier alpha value is -1.55. The van der Waals surface area contributed by atoms with E-state index in [0.717, 1.165) is 18.4 Å². The first-order valence-corrected chi connectivity index (χ1v) is 9.32. The molecule has 130 valence electrons. The number of nitrogens with one attached hydrogen (secondary N) is 2. The molecule has 0 saturated heterocycles. The van der Waals surface area contributed by atoms with Gasteiger partial charge in [0.1, 0.15) is 5.41 Å². The van der Waals surface area contributed by atoms with Gasteiger partial charge in [-0.1, -0.05) is 43.0 Å². The molecule has 1 aromatic carbocycles. The smallest absolute Gasteiger partial charge is 0.235 e. The summed E-state index contributed by atoms with van der Waals surface area (Å²) in [6.45, 7) is 0.525. The molecular formula is C19H25ClN2O2. The van der Waals surface area contributed by atoms with Crippen molar-refractivity contribution in [2.24, 2.45) is 5.41 Å². The van der Waals surface area contributed by atoms with Gasteiger partial charge in [0, 0.05) is 17.6 Å². The van der Waals surface area contributed by atoms with Crippen molar-refractivity contribution in [2.75, 3.05) is 6.54 Å². The highest BCUT2D eigenvalue weighted by molar-refractivity contribution is 6.30. The molecule has 0 atom stereocenters. The molecule has 0 aromatic heterocycles. The Bertz CT molecular complexity index is 607. The Labute approximate surface area is 148 Å². The molecule has 0 unspecified atom stereocenters. The Kier molecular flexibility index (Phi) is 5.44. The fraction of sp³-hybridized carbons (Fsp3) is 0.579. The summed E-state index contributed by atoms with van der Waals surface area (Å²) >= 11 is 5.96. The maximum Gasteiger partial charge on any atom is 0.235 e. The minimum Gasteiger partial charge on any atom is -0.355 e. The monoisotopic (exact) mass is 348 g/mol. The summed E-state index contributed by atoms with van der Waals surface area (Å²) in [7, 11) is 0. The van der Waals surface area contributed by atoms with Crippen LogP contribution in [-0.2, 0) is 16.0 Å². The number of rotatable bonds is 6. The van der Waals surface area contributed by atoms with E-state index in [2.05, 4.69) is 10.6 Å². The maximum absolute atomic E-state index is 12.5. The standard InChI is InChI=1S/C19H25ClN2O2/c20-15-6-4-5-14(13-15)9-12-21-17(23)19(10-11-19)18(24)22-16-7-2-1-3-8-16/h4-6,13,16H,1-3,7-12H2,(H,21,23)(H,22,24). The second-order valence-corrected chi connectivity index (χ2v) is 7.46. The fourth-order valence-electron chi connectivity index (χ4n) is 3.43. The van der Waals surface area contributed by atoms with Gasteiger partial charge in [0.2, 0.25) is 11.8 Å². The molecular weight excluding hydrogens is 324 g/mol. The summed E-state index contributed by atoms with van der Waals surface area (Å²) in [4.78, 5) is 25.0. The Morgan fingerprint density at radius 3 is 2.54 bits per heavy atom. The highest BCUT2D eigenvalue weighted by Crippen LogP contribution is 2.46. The Morgan fingerprint density at radius 2 is 1.88 bits per heavy atom. The average Bonchev–Trinajstić information content (AvgIpc) is 3.38. The number of carbonyl (C=O) groups excluding carboxylic acids is 2. The minimum atomic E-state index is -0.814. The lowest BCUT2D eigenvalue weighted by molar-refractivity contribution is -0.137. The van der Waals surface area contributed by atoms with Crippen molar-refractivity contribution in [1.29, 1.82) is 0 Å². The zero-order valence-electron chi connectivity index (χ0n) is 13.9. The molecule has 0 aliphatic heterocycles. The molecule has 2 amide bonds. The first-order chi connectivity index (χ1) is 11.6. The zero-order chi connectivity index (χ0) is 17.0. The van der Waals surface area contributed by atoms with E-state index >= 15 is 0 Å². The van der Waals surface area contributed by atoms with Gasteiger partial charge in [-0.05, 0) is 49.8 Å². The van der Waals surface area contributed by atoms with Gasteiger partial charge in [-0.25, -0.2) is 0 Å². The molecule has 24 heavy (non-hydrogen) atoms. The van der Waals surface area contributed by atoms with Gasteiger partial charge in [-0.15, -0.1) is 0 Å². The van der Waals surface area contributed by atoms with Crippen molar-refractivity contribution in [3.8, 4) is 0 Å². The van der Waals surface area contributed by atoms with Gasteiger partial charge in [-0.3, -0.25) is 9.59 Å². The van der Waals surface area contributed by atoms with Crippen molar-refractivity contribution < 1.29 is 9.59 Å². The molecule has 0 radical (unpaired) electrons. The molecule has 0 spiro atoms. The molecule has 4 nitrogen and oxygen atoms in total. The lowest BCUT2D eigenvalue weighted by Gasteiger charge is -2.25. The van der Waals surface area contributed by atoms with Gasteiger partial charge in [0.05, 0.1) is 0 Å². The molecule has 2 aliphatic carbocycles. The summed E-state index contributed by atoms with van der Waals surface area (Å²) in [5.74, 6) is -0.201. The molecule has 2 fully saturated rings. The van der Waals surface area contributed by atoms with Gasteiger partial charge in [0.15, 0.2) is 0 Å². The van der Waals surface area contributed by atoms with Crippen LogP contribution in [0, 0.1) is 5.41 Å². The first-order valence-electron chi connectivity index (χ1n) is 8.94. The first kappa shape index (κ1) is 17.3. The maximum atomic E-state index is 12.5. The minimum absolute atomic E-state index is 0.0744. The van der Waals surface area contributed by atoms with E-state index in [0.29, 0.717) is 30.8 Å². The molecule has 1 aromatic rings. The summed E-state index contributed by atoms with van der Waals surface area (Å²) in [6.07, 6.45) is 7.71. The fourth-order valence-corrected chi connectivity index (χ4v) is 3.65. The van der Waals surface area contributed by atoms with Crippen LogP contribution in [0.3, 0.4) is 0 Å². The number of hydrogen-bond acceptors (Lipinski definition) is 2.